The molecule has 1 radical (unpaired) electrons. The molecule has 1 aliphatic heterocycles. The Labute approximate surface area is 85.0 Å². The Balaban J connectivity index is 2.23. The first-order valence-electron chi connectivity index (χ1n) is 3.78. The normalized spacial score (nSPS) is 14.9. The van der Waals surface area contributed by atoms with Gasteiger partial charge in [0.1, 0.15) is 5.69 Å². The number of rotatable bonds is 1. The minimum atomic E-state index is 0.593. The monoisotopic (exact) mass is 239 g/mol. The standard InChI is InChI=1S/C9H8BrN2O/c1-7-6-11-12(13-7)9-5-3-2-4-8(9)10/h2-6,11H,1H2. The van der Waals surface area contributed by atoms with Crippen LogP contribution in [0.2, 0.25) is 0 Å². The third kappa shape index (κ3) is 1.62. The van der Waals surface area contributed by atoms with Gasteiger partial charge in [0, 0.05) is 11.4 Å². The Bertz CT molecular complexity index is 351. The van der Waals surface area contributed by atoms with E-state index in [4.69, 9.17) is 4.84 Å². The molecule has 1 N–H and O–H groups in total. The number of benzene rings is 1. The fourth-order valence-corrected chi connectivity index (χ4v) is 1.48. The molecule has 3 nitrogen and oxygen atoms in total. The van der Waals surface area contributed by atoms with E-state index in [0.717, 1.165) is 10.2 Å². The molecule has 1 heterocycles. The van der Waals surface area contributed by atoms with Crippen LogP contribution in [0.3, 0.4) is 0 Å². The van der Waals surface area contributed by atoms with Crippen LogP contribution in [0.1, 0.15) is 0 Å². The van der Waals surface area contributed by atoms with Gasteiger partial charge in [0.2, 0.25) is 0 Å². The van der Waals surface area contributed by atoms with Crippen molar-refractivity contribution in [2.24, 2.45) is 0 Å². The summed E-state index contributed by atoms with van der Waals surface area (Å²) < 4.78 is 0.964. The van der Waals surface area contributed by atoms with Crippen LogP contribution < -0.4 is 10.6 Å². The molecule has 4 heteroatoms. The van der Waals surface area contributed by atoms with E-state index in [0.29, 0.717) is 5.76 Å². The van der Waals surface area contributed by atoms with Crippen molar-refractivity contribution in [1.29, 1.82) is 0 Å². The van der Waals surface area contributed by atoms with E-state index in [1.165, 1.54) is 0 Å². The predicted molar refractivity (Wildman–Crippen MR) is 54.3 cm³/mol. The molecule has 67 valence electrons. The topological polar surface area (TPSA) is 24.5 Å². The van der Waals surface area contributed by atoms with Crippen molar-refractivity contribution < 1.29 is 4.84 Å². The van der Waals surface area contributed by atoms with Gasteiger partial charge in [0.15, 0.2) is 5.76 Å². The van der Waals surface area contributed by atoms with Crippen LogP contribution in [0.4, 0.5) is 5.69 Å². The van der Waals surface area contributed by atoms with Crippen LogP contribution in [0.15, 0.2) is 40.7 Å². The number of halogens is 1. The maximum Gasteiger partial charge on any atom is 0.152 e. The fraction of sp³-hybridized carbons (Fsp3) is 0. The van der Waals surface area contributed by atoms with Crippen LogP contribution >= 0.6 is 15.9 Å². The maximum atomic E-state index is 5.27. The molecule has 2 rings (SSSR count). The molecular weight excluding hydrogens is 232 g/mol. The first-order chi connectivity index (χ1) is 6.27. The van der Waals surface area contributed by atoms with Crippen LogP contribution in [-0.2, 0) is 4.84 Å². The average molecular weight is 240 g/mol. The van der Waals surface area contributed by atoms with Crippen molar-refractivity contribution in [3.8, 4) is 0 Å². The second-order valence-electron chi connectivity index (χ2n) is 2.58. The molecule has 0 amide bonds. The summed E-state index contributed by atoms with van der Waals surface area (Å²) in [5.41, 5.74) is 3.83. The second-order valence-corrected chi connectivity index (χ2v) is 3.43. The van der Waals surface area contributed by atoms with Gasteiger partial charge in [-0.1, -0.05) is 12.1 Å². The summed E-state index contributed by atoms with van der Waals surface area (Å²) in [4.78, 5) is 5.27. The zero-order valence-electron chi connectivity index (χ0n) is 6.83. The Kier molecular flexibility index (Phi) is 2.14. The van der Waals surface area contributed by atoms with Crippen LogP contribution in [0.5, 0.6) is 0 Å². The highest BCUT2D eigenvalue weighted by atomic mass is 79.9. The summed E-state index contributed by atoms with van der Waals surface area (Å²) in [5, 5.41) is 1.55. The highest BCUT2D eigenvalue weighted by Gasteiger charge is 2.14. The summed E-state index contributed by atoms with van der Waals surface area (Å²) in [5.74, 6) is 0.593. The van der Waals surface area contributed by atoms with Gasteiger partial charge >= 0.3 is 0 Å². The van der Waals surface area contributed by atoms with Crippen molar-refractivity contribution in [1.82, 2.24) is 5.43 Å². The molecule has 1 aromatic rings. The summed E-state index contributed by atoms with van der Waals surface area (Å²) in [6.45, 7) is 3.66. The van der Waals surface area contributed by atoms with Gasteiger partial charge in [-0.2, -0.15) is 0 Å². The van der Waals surface area contributed by atoms with E-state index in [-0.39, 0.29) is 0 Å². The van der Waals surface area contributed by atoms with E-state index in [1.54, 1.807) is 11.4 Å². The van der Waals surface area contributed by atoms with Gasteiger partial charge in [0.25, 0.3) is 0 Å². The zero-order valence-corrected chi connectivity index (χ0v) is 8.41. The minimum absolute atomic E-state index is 0.593. The summed E-state index contributed by atoms with van der Waals surface area (Å²) in [7, 11) is 0. The summed E-state index contributed by atoms with van der Waals surface area (Å²) in [6, 6.07) is 7.76. The minimum Gasteiger partial charge on any atom is -0.362 e. The van der Waals surface area contributed by atoms with Gasteiger partial charge in [-0.05, 0) is 28.1 Å². The lowest BCUT2D eigenvalue weighted by molar-refractivity contribution is 0.200. The number of hydrazine groups is 1. The summed E-state index contributed by atoms with van der Waals surface area (Å²) >= 11 is 3.42. The van der Waals surface area contributed by atoms with Gasteiger partial charge in [-0.25, -0.2) is 0 Å². The first-order valence-corrected chi connectivity index (χ1v) is 4.57. The number of anilines is 1. The van der Waals surface area contributed by atoms with E-state index in [9.17, 15) is 0 Å². The zero-order chi connectivity index (χ0) is 9.26. The molecule has 0 fully saturated rings. The van der Waals surface area contributed by atoms with E-state index in [2.05, 4.69) is 28.3 Å². The molecule has 1 aliphatic rings. The number of allylic oxidation sites excluding steroid dienone is 1. The van der Waals surface area contributed by atoms with Crippen LogP contribution in [0, 0.1) is 6.92 Å². The lowest BCUT2D eigenvalue weighted by Crippen LogP contribution is -2.28. The Hall–Kier alpha value is -1.16. The molecule has 0 saturated carbocycles. The van der Waals surface area contributed by atoms with Crippen molar-refractivity contribution in [2.45, 2.75) is 0 Å². The van der Waals surface area contributed by atoms with Crippen molar-refractivity contribution in [3.05, 3.63) is 47.6 Å². The Morgan fingerprint density at radius 2 is 2.15 bits per heavy atom. The van der Waals surface area contributed by atoms with Crippen LogP contribution in [0.25, 0.3) is 0 Å². The van der Waals surface area contributed by atoms with E-state index in [1.807, 2.05) is 24.3 Å². The second kappa shape index (κ2) is 3.30. The molecular formula is C9H8BrN2O. The molecule has 0 spiro atoms. The first kappa shape index (κ1) is 8.44. The summed E-state index contributed by atoms with van der Waals surface area (Å²) in [6.07, 6.45) is 1.69. The molecule has 13 heavy (non-hydrogen) atoms. The predicted octanol–water partition coefficient (Wildman–Crippen LogP) is 2.38. The number of para-hydroxylation sites is 1. The van der Waals surface area contributed by atoms with E-state index < -0.39 is 0 Å². The molecule has 0 unspecified atom stereocenters. The van der Waals surface area contributed by atoms with Gasteiger partial charge in [-0.3, -0.25) is 5.43 Å². The number of nitrogens with zero attached hydrogens (tertiary/aromatic N) is 1. The van der Waals surface area contributed by atoms with Gasteiger partial charge < -0.3 is 4.84 Å². The van der Waals surface area contributed by atoms with Crippen molar-refractivity contribution in [3.63, 3.8) is 0 Å². The smallest absolute Gasteiger partial charge is 0.152 e. The van der Waals surface area contributed by atoms with E-state index >= 15 is 0 Å². The molecule has 0 aromatic heterocycles. The largest absolute Gasteiger partial charge is 0.362 e. The number of hydrogen-bond acceptors (Lipinski definition) is 3. The molecule has 0 aliphatic carbocycles. The molecule has 0 bridgehead atoms. The average Bonchev–Trinajstić information content (AvgIpc) is 2.53. The van der Waals surface area contributed by atoms with Crippen LogP contribution in [-0.4, -0.2) is 0 Å². The Morgan fingerprint density at radius 1 is 1.38 bits per heavy atom. The van der Waals surface area contributed by atoms with Gasteiger partial charge in [-0.15, -0.1) is 5.17 Å². The number of hydrogen-bond donors (Lipinski definition) is 1. The molecule has 0 saturated heterocycles. The highest BCUT2D eigenvalue weighted by molar-refractivity contribution is 9.10. The molecule has 1 aromatic carbocycles. The lowest BCUT2D eigenvalue weighted by Gasteiger charge is -2.18. The Morgan fingerprint density at radius 3 is 2.77 bits per heavy atom. The number of nitrogens with one attached hydrogen (secondary N) is 1. The maximum absolute atomic E-state index is 5.27. The lowest BCUT2D eigenvalue weighted by atomic mass is 10.3. The molecule has 0 atom stereocenters. The van der Waals surface area contributed by atoms with Crippen molar-refractivity contribution in [2.75, 3.05) is 5.17 Å². The SMILES string of the molecule is [CH2]C1=CNN(c2ccccc2Br)O1. The van der Waals surface area contributed by atoms with Gasteiger partial charge in [0.05, 0.1) is 6.20 Å². The fourth-order valence-electron chi connectivity index (χ4n) is 1.04. The third-order valence-electron chi connectivity index (χ3n) is 1.62. The quantitative estimate of drug-likeness (QED) is 0.815. The van der Waals surface area contributed by atoms with Crippen molar-refractivity contribution >= 4 is 21.6 Å². The highest BCUT2D eigenvalue weighted by Crippen LogP contribution is 2.26. The third-order valence-corrected chi connectivity index (χ3v) is 2.29.